The lowest BCUT2D eigenvalue weighted by Crippen LogP contribution is -1.92. The van der Waals surface area contributed by atoms with Gasteiger partial charge in [0.25, 0.3) is 0 Å². The Hall–Kier alpha value is -2.21. The number of unbranched alkanes of at least 4 members (excludes halogenated alkanes) is 1. The summed E-state index contributed by atoms with van der Waals surface area (Å²) >= 11 is 0. The summed E-state index contributed by atoms with van der Waals surface area (Å²) < 4.78 is 27.2. The van der Waals surface area contributed by atoms with E-state index < -0.39 is 17.2 Å². The van der Waals surface area contributed by atoms with Crippen molar-refractivity contribution in [2.75, 3.05) is 0 Å². The van der Waals surface area contributed by atoms with Crippen LogP contribution in [0.4, 0.5) is 8.78 Å². The third kappa shape index (κ3) is 3.03. The van der Waals surface area contributed by atoms with Crippen LogP contribution in [0.15, 0.2) is 36.4 Å². The molecule has 0 amide bonds. The van der Waals surface area contributed by atoms with Crippen LogP contribution in [0.5, 0.6) is 0 Å². The van der Waals surface area contributed by atoms with E-state index in [0.717, 1.165) is 24.8 Å². The van der Waals surface area contributed by atoms with E-state index in [0.29, 0.717) is 5.56 Å². The van der Waals surface area contributed by atoms with Crippen LogP contribution >= 0.6 is 0 Å². The maximum atomic E-state index is 13.6. The van der Waals surface area contributed by atoms with Gasteiger partial charge >= 0.3 is 0 Å². The van der Waals surface area contributed by atoms with Crippen LogP contribution < -0.4 is 0 Å². The molecule has 2 rings (SSSR count). The molecule has 0 aromatic heterocycles. The zero-order chi connectivity index (χ0) is 14.5. The number of hydrogen-bond acceptors (Lipinski definition) is 1. The predicted molar refractivity (Wildman–Crippen MR) is 75.1 cm³/mol. The number of halogens is 2. The van der Waals surface area contributed by atoms with Crippen molar-refractivity contribution in [2.24, 2.45) is 0 Å². The van der Waals surface area contributed by atoms with E-state index >= 15 is 0 Å². The van der Waals surface area contributed by atoms with E-state index in [1.165, 1.54) is 23.8 Å². The highest BCUT2D eigenvalue weighted by atomic mass is 19.1. The summed E-state index contributed by atoms with van der Waals surface area (Å²) in [6.07, 6.45) is 3.26. The van der Waals surface area contributed by atoms with Crippen molar-refractivity contribution in [2.45, 2.75) is 26.2 Å². The second kappa shape index (κ2) is 6.29. The zero-order valence-electron chi connectivity index (χ0n) is 11.3. The van der Waals surface area contributed by atoms with Crippen LogP contribution in [0.25, 0.3) is 11.1 Å². The Balaban J connectivity index is 2.30. The number of rotatable bonds is 4. The molecule has 2 aromatic carbocycles. The maximum absolute atomic E-state index is 13.6. The van der Waals surface area contributed by atoms with Crippen molar-refractivity contribution in [3.8, 4) is 17.2 Å². The van der Waals surface area contributed by atoms with Crippen LogP contribution in [0.3, 0.4) is 0 Å². The highest BCUT2D eigenvalue weighted by Crippen LogP contribution is 2.24. The van der Waals surface area contributed by atoms with Gasteiger partial charge in [0.15, 0.2) is 0 Å². The van der Waals surface area contributed by atoms with Crippen molar-refractivity contribution in [1.82, 2.24) is 0 Å². The average Bonchev–Trinajstić information content (AvgIpc) is 2.45. The molecule has 3 heteroatoms. The molecule has 0 aliphatic heterocycles. The second-order valence-corrected chi connectivity index (χ2v) is 4.73. The van der Waals surface area contributed by atoms with E-state index in [9.17, 15) is 8.78 Å². The second-order valence-electron chi connectivity index (χ2n) is 4.73. The molecule has 2 aromatic rings. The predicted octanol–water partition coefficient (Wildman–Crippen LogP) is 4.85. The SMILES string of the molecule is CCCCc1ccc(-c2cc(F)c(C#N)c(F)c2)cc1. The molecule has 0 bridgehead atoms. The van der Waals surface area contributed by atoms with Gasteiger partial charge in [-0.05, 0) is 41.7 Å². The molecule has 0 fully saturated rings. The number of nitrogens with zero attached hydrogens (tertiary/aromatic N) is 1. The molecular weight excluding hydrogens is 256 g/mol. The molecule has 0 spiro atoms. The number of benzene rings is 2. The lowest BCUT2D eigenvalue weighted by atomic mass is 10.0. The first-order chi connectivity index (χ1) is 9.65. The Morgan fingerprint density at radius 3 is 2.10 bits per heavy atom. The van der Waals surface area contributed by atoms with Crippen LogP contribution in [0, 0.1) is 23.0 Å². The number of hydrogen-bond donors (Lipinski definition) is 0. The Labute approximate surface area is 117 Å². The number of nitriles is 1. The molecule has 0 unspecified atom stereocenters. The van der Waals surface area contributed by atoms with Crippen LogP contribution in [0.1, 0.15) is 30.9 Å². The van der Waals surface area contributed by atoms with Gasteiger partial charge in [-0.3, -0.25) is 0 Å². The standard InChI is InChI=1S/C17H15F2N/c1-2-3-4-12-5-7-13(8-6-12)14-9-16(18)15(11-20)17(19)10-14/h5-10H,2-4H2,1H3. The van der Waals surface area contributed by atoms with Gasteiger partial charge in [0.1, 0.15) is 23.3 Å². The van der Waals surface area contributed by atoms with Gasteiger partial charge in [-0.25, -0.2) is 8.78 Å². The van der Waals surface area contributed by atoms with E-state index in [-0.39, 0.29) is 0 Å². The fourth-order valence-electron chi connectivity index (χ4n) is 2.09. The van der Waals surface area contributed by atoms with Crippen molar-refractivity contribution >= 4 is 0 Å². The maximum Gasteiger partial charge on any atom is 0.144 e. The molecule has 1 nitrogen and oxygen atoms in total. The molecule has 0 radical (unpaired) electrons. The van der Waals surface area contributed by atoms with Crippen molar-refractivity contribution in [3.05, 3.63) is 59.2 Å². The molecular formula is C17H15F2N. The van der Waals surface area contributed by atoms with Crippen molar-refractivity contribution in [3.63, 3.8) is 0 Å². The van der Waals surface area contributed by atoms with Crippen LogP contribution in [-0.2, 0) is 6.42 Å². The Morgan fingerprint density at radius 1 is 1.00 bits per heavy atom. The summed E-state index contributed by atoms with van der Waals surface area (Å²) in [5, 5.41) is 8.65. The Morgan fingerprint density at radius 2 is 1.60 bits per heavy atom. The first-order valence-electron chi connectivity index (χ1n) is 6.64. The van der Waals surface area contributed by atoms with E-state index in [1.54, 1.807) is 0 Å². The smallest absolute Gasteiger partial charge is 0.144 e. The highest BCUT2D eigenvalue weighted by molar-refractivity contribution is 5.65. The van der Waals surface area contributed by atoms with Crippen molar-refractivity contribution in [1.29, 1.82) is 5.26 Å². The first kappa shape index (κ1) is 14.2. The summed E-state index contributed by atoms with van der Waals surface area (Å²) in [6.45, 7) is 2.14. The lowest BCUT2D eigenvalue weighted by molar-refractivity contribution is 0.577. The normalized spacial score (nSPS) is 10.3. The fraction of sp³-hybridized carbons (Fsp3) is 0.235. The minimum Gasteiger partial charge on any atom is -0.205 e. The van der Waals surface area contributed by atoms with Gasteiger partial charge in [-0.15, -0.1) is 0 Å². The van der Waals surface area contributed by atoms with E-state index in [1.807, 2.05) is 24.3 Å². The van der Waals surface area contributed by atoms with Crippen molar-refractivity contribution < 1.29 is 8.78 Å². The van der Waals surface area contributed by atoms with Gasteiger partial charge in [-0.2, -0.15) is 5.26 Å². The van der Waals surface area contributed by atoms with E-state index in [4.69, 9.17) is 5.26 Å². The first-order valence-corrected chi connectivity index (χ1v) is 6.64. The molecule has 0 N–H and O–H groups in total. The Bertz CT molecular complexity index is 616. The van der Waals surface area contributed by atoms with Crippen LogP contribution in [0.2, 0.25) is 0 Å². The van der Waals surface area contributed by atoms with Gasteiger partial charge < -0.3 is 0 Å². The number of aryl methyl sites for hydroxylation is 1. The third-order valence-corrected chi connectivity index (χ3v) is 3.26. The summed E-state index contributed by atoms with van der Waals surface area (Å²) in [6, 6.07) is 11.6. The highest BCUT2D eigenvalue weighted by Gasteiger charge is 2.11. The summed E-state index contributed by atoms with van der Waals surface area (Å²) in [5.41, 5.74) is 1.87. The quantitative estimate of drug-likeness (QED) is 0.780. The summed E-state index contributed by atoms with van der Waals surface area (Å²) in [4.78, 5) is 0. The fourth-order valence-corrected chi connectivity index (χ4v) is 2.09. The summed E-state index contributed by atoms with van der Waals surface area (Å²) in [7, 11) is 0. The minimum absolute atomic E-state index is 0.445. The monoisotopic (exact) mass is 271 g/mol. The zero-order valence-corrected chi connectivity index (χ0v) is 11.3. The molecule has 0 atom stereocenters. The average molecular weight is 271 g/mol. The molecule has 0 aliphatic carbocycles. The van der Waals surface area contributed by atoms with Gasteiger partial charge in [0, 0.05) is 0 Å². The third-order valence-electron chi connectivity index (χ3n) is 3.26. The molecule has 0 aliphatic rings. The molecule has 0 saturated heterocycles. The topological polar surface area (TPSA) is 23.8 Å². The van der Waals surface area contributed by atoms with E-state index in [2.05, 4.69) is 6.92 Å². The van der Waals surface area contributed by atoms with Crippen LogP contribution in [-0.4, -0.2) is 0 Å². The largest absolute Gasteiger partial charge is 0.205 e. The molecule has 102 valence electrons. The van der Waals surface area contributed by atoms with Gasteiger partial charge in [-0.1, -0.05) is 37.6 Å². The molecule has 0 saturated carbocycles. The van der Waals surface area contributed by atoms with Gasteiger partial charge in [0.05, 0.1) is 0 Å². The molecule has 0 heterocycles. The minimum atomic E-state index is -0.822. The lowest BCUT2D eigenvalue weighted by Gasteiger charge is -2.06. The van der Waals surface area contributed by atoms with Gasteiger partial charge in [0.2, 0.25) is 0 Å². The Kier molecular flexibility index (Phi) is 4.47. The molecule has 20 heavy (non-hydrogen) atoms. The summed E-state index contributed by atoms with van der Waals surface area (Å²) in [5.74, 6) is -1.64.